The molecule has 1 aromatic carbocycles. The Hall–Kier alpha value is -2.47. The van der Waals surface area contributed by atoms with Crippen LogP contribution >= 0.6 is 0 Å². The number of rotatable bonds is 3. The van der Waals surface area contributed by atoms with Gasteiger partial charge >= 0.3 is 0 Å². The van der Waals surface area contributed by atoms with E-state index < -0.39 is 0 Å². The van der Waals surface area contributed by atoms with Crippen LogP contribution in [-0.2, 0) is 26.6 Å². The number of nitrogens with zero attached hydrogens (tertiary/aromatic N) is 5. The van der Waals surface area contributed by atoms with E-state index in [0.717, 1.165) is 30.8 Å². The lowest BCUT2D eigenvalue weighted by Gasteiger charge is -2.25. The highest BCUT2D eigenvalue weighted by Gasteiger charge is 2.21. The minimum atomic E-state index is 0.579. The molecule has 0 unspecified atom stereocenters. The molecule has 0 aliphatic carbocycles. The van der Waals surface area contributed by atoms with Crippen molar-refractivity contribution in [2.24, 2.45) is 7.05 Å². The Labute approximate surface area is 134 Å². The lowest BCUT2D eigenvalue weighted by molar-refractivity contribution is 0.217. The Morgan fingerprint density at radius 2 is 2.00 bits per heavy atom. The van der Waals surface area contributed by atoms with Gasteiger partial charge in [0.2, 0.25) is 11.8 Å². The van der Waals surface area contributed by atoms with Crippen molar-refractivity contribution in [3.05, 3.63) is 53.4 Å². The molecule has 0 saturated carbocycles. The Bertz CT molecular complexity index is 818. The van der Waals surface area contributed by atoms with Crippen molar-refractivity contribution in [2.75, 3.05) is 6.54 Å². The lowest BCUT2D eigenvalue weighted by Crippen LogP contribution is -2.30. The molecular formula is C17H19N5O. The summed E-state index contributed by atoms with van der Waals surface area (Å²) in [6, 6.07) is 8.11. The van der Waals surface area contributed by atoms with Crippen molar-refractivity contribution in [1.82, 2.24) is 24.6 Å². The van der Waals surface area contributed by atoms with E-state index >= 15 is 0 Å². The fraction of sp³-hybridized carbons (Fsp3) is 0.353. The predicted octanol–water partition coefficient (Wildman–Crippen LogP) is 2.34. The highest BCUT2D eigenvalue weighted by atomic mass is 16.4. The minimum Gasteiger partial charge on any atom is -0.419 e. The van der Waals surface area contributed by atoms with Gasteiger partial charge < -0.3 is 8.98 Å². The van der Waals surface area contributed by atoms with Crippen LogP contribution in [0.5, 0.6) is 0 Å². The van der Waals surface area contributed by atoms with Crippen LogP contribution in [0.25, 0.3) is 11.5 Å². The van der Waals surface area contributed by atoms with Crippen LogP contribution in [0.2, 0.25) is 0 Å². The SMILES string of the molecule is Cc1ccc(-c2nnc(CN3CCc4c(ncn4C)C3)o2)cc1. The van der Waals surface area contributed by atoms with E-state index in [1.807, 2.05) is 37.6 Å². The van der Waals surface area contributed by atoms with Gasteiger partial charge in [-0.3, -0.25) is 4.90 Å². The average molecular weight is 309 g/mol. The van der Waals surface area contributed by atoms with Gasteiger partial charge in [0.05, 0.1) is 18.6 Å². The van der Waals surface area contributed by atoms with E-state index in [0.29, 0.717) is 18.3 Å². The normalized spacial score (nSPS) is 14.9. The maximum atomic E-state index is 5.82. The van der Waals surface area contributed by atoms with Crippen LogP contribution in [0.3, 0.4) is 0 Å². The average Bonchev–Trinajstić information content (AvgIpc) is 3.16. The third-order valence-electron chi connectivity index (χ3n) is 4.31. The van der Waals surface area contributed by atoms with Crippen molar-refractivity contribution in [3.63, 3.8) is 0 Å². The van der Waals surface area contributed by atoms with E-state index in [9.17, 15) is 0 Å². The molecule has 0 radical (unpaired) electrons. The number of benzene rings is 1. The van der Waals surface area contributed by atoms with Gasteiger partial charge in [0, 0.05) is 37.8 Å². The zero-order valence-corrected chi connectivity index (χ0v) is 13.4. The fourth-order valence-corrected chi connectivity index (χ4v) is 2.97. The zero-order valence-electron chi connectivity index (χ0n) is 13.4. The standard InChI is InChI=1S/C17H19N5O/c1-12-3-5-13(6-4-12)17-20-19-16(23-17)10-22-8-7-15-14(9-22)18-11-21(15)2/h3-6,11H,7-10H2,1-2H3. The molecule has 0 amide bonds. The molecule has 6 heteroatoms. The quantitative estimate of drug-likeness (QED) is 0.743. The summed E-state index contributed by atoms with van der Waals surface area (Å²) in [5, 5.41) is 8.35. The Morgan fingerprint density at radius 3 is 2.83 bits per heavy atom. The molecule has 3 heterocycles. The van der Waals surface area contributed by atoms with Crippen molar-refractivity contribution < 1.29 is 4.42 Å². The largest absolute Gasteiger partial charge is 0.419 e. The van der Waals surface area contributed by atoms with E-state index in [2.05, 4.69) is 31.6 Å². The molecule has 23 heavy (non-hydrogen) atoms. The summed E-state index contributed by atoms with van der Waals surface area (Å²) in [5.41, 5.74) is 4.65. The molecule has 0 fully saturated rings. The highest BCUT2D eigenvalue weighted by Crippen LogP contribution is 2.21. The zero-order chi connectivity index (χ0) is 15.8. The van der Waals surface area contributed by atoms with Crippen molar-refractivity contribution >= 4 is 0 Å². The third kappa shape index (κ3) is 2.77. The number of aryl methyl sites for hydroxylation is 2. The van der Waals surface area contributed by atoms with Crippen LogP contribution in [0.4, 0.5) is 0 Å². The molecule has 118 valence electrons. The van der Waals surface area contributed by atoms with Gasteiger partial charge in [-0.2, -0.15) is 0 Å². The Morgan fingerprint density at radius 1 is 1.17 bits per heavy atom. The van der Waals surface area contributed by atoms with Crippen molar-refractivity contribution in [2.45, 2.75) is 26.4 Å². The second kappa shape index (κ2) is 5.62. The predicted molar refractivity (Wildman–Crippen MR) is 85.5 cm³/mol. The number of hydrogen-bond donors (Lipinski definition) is 0. The molecule has 1 aliphatic heterocycles. The van der Waals surface area contributed by atoms with Gasteiger partial charge in [0.15, 0.2) is 0 Å². The van der Waals surface area contributed by atoms with Crippen LogP contribution in [0, 0.1) is 6.92 Å². The van der Waals surface area contributed by atoms with Crippen molar-refractivity contribution in [3.8, 4) is 11.5 Å². The summed E-state index contributed by atoms with van der Waals surface area (Å²) < 4.78 is 7.92. The van der Waals surface area contributed by atoms with Crippen LogP contribution in [0.1, 0.15) is 22.8 Å². The van der Waals surface area contributed by atoms with Crippen LogP contribution < -0.4 is 0 Å². The Kier molecular flexibility index (Phi) is 3.46. The van der Waals surface area contributed by atoms with Crippen LogP contribution in [0.15, 0.2) is 35.0 Å². The maximum Gasteiger partial charge on any atom is 0.247 e. The highest BCUT2D eigenvalue weighted by molar-refractivity contribution is 5.52. The molecule has 0 bridgehead atoms. The summed E-state index contributed by atoms with van der Waals surface area (Å²) in [6.45, 7) is 4.54. The molecule has 2 aromatic heterocycles. The first kappa shape index (κ1) is 14.1. The molecule has 0 spiro atoms. The van der Waals surface area contributed by atoms with Gasteiger partial charge in [-0.1, -0.05) is 17.7 Å². The molecule has 6 nitrogen and oxygen atoms in total. The molecule has 0 saturated heterocycles. The first-order valence-corrected chi connectivity index (χ1v) is 7.80. The summed E-state index contributed by atoms with van der Waals surface area (Å²) >= 11 is 0. The van der Waals surface area contributed by atoms with Gasteiger partial charge in [0.25, 0.3) is 0 Å². The van der Waals surface area contributed by atoms with Crippen molar-refractivity contribution in [1.29, 1.82) is 0 Å². The third-order valence-corrected chi connectivity index (χ3v) is 4.31. The van der Waals surface area contributed by atoms with E-state index in [1.165, 1.54) is 11.3 Å². The second-order valence-electron chi connectivity index (χ2n) is 6.08. The molecule has 4 rings (SSSR count). The fourth-order valence-electron chi connectivity index (χ4n) is 2.97. The number of hydrogen-bond acceptors (Lipinski definition) is 5. The first-order valence-electron chi connectivity index (χ1n) is 7.80. The number of fused-ring (bicyclic) bond motifs is 1. The van der Waals surface area contributed by atoms with Gasteiger partial charge in [-0.15, -0.1) is 10.2 Å². The molecule has 1 aliphatic rings. The molecular weight excluding hydrogens is 290 g/mol. The van der Waals surface area contributed by atoms with E-state index in [-0.39, 0.29) is 0 Å². The molecule has 0 atom stereocenters. The lowest BCUT2D eigenvalue weighted by atomic mass is 10.1. The van der Waals surface area contributed by atoms with Gasteiger partial charge in [0.1, 0.15) is 0 Å². The summed E-state index contributed by atoms with van der Waals surface area (Å²) in [6.07, 6.45) is 2.89. The summed E-state index contributed by atoms with van der Waals surface area (Å²) in [5.74, 6) is 1.23. The number of aromatic nitrogens is 4. The van der Waals surface area contributed by atoms with E-state index in [1.54, 1.807) is 0 Å². The van der Waals surface area contributed by atoms with Gasteiger partial charge in [-0.05, 0) is 19.1 Å². The monoisotopic (exact) mass is 309 g/mol. The maximum absolute atomic E-state index is 5.82. The molecule has 3 aromatic rings. The first-order chi connectivity index (χ1) is 11.2. The van der Waals surface area contributed by atoms with Crippen LogP contribution in [-0.4, -0.2) is 31.2 Å². The smallest absolute Gasteiger partial charge is 0.247 e. The van der Waals surface area contributed by atoms with E-state index in [4.69, 9.17) is 4.42 Å². The molecule has 0 N–H and O–H groups in total. The summed E-state index contributed by atoms with van der Waals surface area (Å²) in [4.78, 5) is 6.76. The summed E-state index contributed by atoms with van der Waals surface area (Å²) in [7, 11) is 2.05. The minimum absolute atomic E-state index is 0.579. The Balaban J connectivity index is 1.47. The second-order valence-corrected chi connectivity index (χ2v) is 6.08. The number of imidazole rings is 1. The van der Waals surface area contributed by atoms with Gasteiger partial charge in [-0.25, -0.2) is 4.98 Å². The topological polar surface area (TPSA) is 60.0 Å².